The van der Waals surface area contributed by atoms with E-state index in [-0.39, 0.29) is 6.04 Å². The van der Waals surface area contributed by atoms with Crippen LogP contribution in [0.3, 0.4) is 0 Å². The van der Waals surface area contributed by atoms with E-state index >= 15 is 0 Å². The Morgan fingerprint density at radius 1 is 1.54 bits per heavy atom. The predicted octanol–water partition coefficient (Wildman–Crippen LogP) is 1.62. The van der Waals surface area contributed by atoms with Crippen LogP contribution in [0.5, 0.6) is 0 Å². The predicted molar refractivity (Wildman–Crippen MR) is 53.4 cm³/mol. The fraction of sp³-hybridized carbons (Fsp3) is 0.400. The Bertz CT molecular complexity index is 266. The first-order valence-corrected chi connectivity index (χ1v) is 4.34. The lowest BCUT2D eigenvalue weighted by Gasteiger charge is -2.11. The van der Waals surface area contributed by atoms with Crippen LogP contribution in [0.4, 0.5) is 0 Å². The molecule has 0 spiro atoms. The van der Waals surface area contributed by atoms with Crippen molar-refractivity contribution in [1.29, 1.82) is 0 Å². The van der Waals surface area contributed by atoms with Gasteiger partial charge in [0, 0.05) is 12.4 Å². The molecule has 70 valence electrons. The van der Waals surface area contributed by atoms with E-state index in [1.807, 2.05) is 32.4 Å². The zero-order valence-corrected chi connectivity index (χ0v) is 8.12. The van der Waals surface area contributed by atoms with Gasteiger partial charge in [0.05, 0.1) is 6.04 Å². The molecule has 0 saturated heterocycles. The van der Waals surface area contributed by atoms with Gasteiger partial charge >= 0.3 is 0 Å². The summed E-state index contributed by atoms with van der Waals surface area (Å²) in [5, 5.41) is 3.14. The Kier molecular flexibility index (Phi) is 3.58. The summed E-state index contributed by atoms with van der Waals surface area (Å²) in [6, 6.07) is 0.179. The molecule has 1 atom stereocenters. The molecular weight excluding hydrogens is 162 g/mol. The first-order chi connectivity index (χ1) is 6.27. The first kappa shape index (κ1) is 9.86. The molecule has 1 aromatic heterocycles. The Morgan fingerprint density at radius 2 is 2.15 bits per heavy atom. The van der Waals surface area contributed by atoms with Gasteiger partial charge in [-0.05, 0) is 26.0 Å². The molecule has 0 aromatic carbocycles. The van der Waals surface area contributed by atoms with E-state index in [1.54, 1.807) is 0 Å². The topological polar surface area (TPSA) is 37.8 Å². The standard InChI is InChI=1S/C10H15N3/c1-4-5-9(11-3)10-12-6-8(2)7-13-10/h4,6-7,9,11H,1,5H2,2-3H3. The largest absolute Gasteiger partial charge is 0.310 e. The molecule has 0 aliphatic heterocycles. The van der Waals surface area contributed by atoms with Gasteiger partial charge in [-0.25, -0.2) is 9.97 Å². The highest BCUT2D eigenvalue weighted by Gasteiger charge is 2.08. The van der Waals surface area contributed by atoms with Crippen molar-refractivity contribution in [2.45, 2.75) is 19.4 Å². The van der Waals surface area contributed by atoms with Crippen molar-refractivity contribution in [3.63, 3.8) is 0 Å². The minimum absolute atomic E-state index is 0.179. The van der Waals surface area contributed by atoms with E-state index in [2.05, 4.69) is 21.9 Å². The van der Waals surface area contributed by atoms with Gasteiger partial charge in [0.25, 0.3) is 0 Å². The van der Waals surface area contributed by atoms with E-state index in [1.165, 1.54) is 0 Å². The zero-order valence-electron chi connectivity index (χ0n) is 8.12. The smallest absolute Gasteiger partial charge is 0.145 e. The van der Waals surface area contributed by atoms with Gasteiger partial charge in [0.2, 0.25) is 0 Å². The van der Waals surface area contributed by atoms with Gasteiger partial charge < -0.3 is 5.32 Å². The van der Waals surface area contributed by atoms with Gasteiger partial charge in [-0.2, -0.15) is 0 Å². The quantitative estimate of drug-likeness (QED) is 0.710. The average molecular weight is 177 g/mol. The molecule has 0 saturated carbocycles. The second-order valence-electron chi connectivity index (χ2n) is 2.98. The maximum absolute atomic E-state index is 4.25. The lowest BCUT2D eigenvalue weighted by Crippen LogP contribution is -2.18. The van der Waals surface area contributed by atoms with Gasteiger partial charge in [-0.15, -0.1) is 6.58 Å². The highest BCUT2D eigenvalue weighted by atomic mass is 15.0. The van der Waals surface area contributed by atoms with Crippen molar-refractivity contribution in [2.24, 2.45) is 0 Å². The van der Waals surface area contributed by atoms with Gasteiger partial charge in [-0.1, -0.05) is 6.08 Å². The van der Waals surface area contributed by atoms with Crippen molar-refractivity contribution < 1.29 is 0 Å². The summed E-state index contributed by atoms with van der Waals surface area (Å²) in [5.74, 6) is 0.827. The molecule has 1 unspecified atom stereocenters. The molecule has 1 rings (SSSR count). The summed E-state index contributed by atoms with van der Waals surface area (Å²) in [4.78, 5) is 8.49. The Hall–Kier alpha value is -1.22. The van der Waals surface area contributed by atoms with E-state index < -0.39 is 0 Å². The summed E-state index contributed by atoms with van der Waals surface area (Å²) in [7, 11) is 1.90. The van der Waals surface area contributed by atoms with Crippen LogP contribution in [-0.2, 0) is 0 Å². The Balaban J connectivity index is 2.78. The summed E-state index contributed by atoms with van der Waals surface area (Å²) in [6.07, 6.45) is 6.37. The molecule has 0 aliphatic rings. The van der Waals surface area contributed by atoms with Crippen LogP contribution in [0.15, 0.2) is 25.0 Å². The Morgan fingerprint density at radius 3 is 2.62 bits per heavy atom. The molecule has 1 aromatic rings. The third kappa shape index (κ3) is 2.63. The van der Waals surface area contributed by atoms with Crippen molar-refractivity contribution in [2.75, 3.05) is 7.05 Å². The number of aryl methyl sites for hydroxylation is 1. The van der Waals surface area contributed by atoms with Crippen molar-refractivity contribution in [3.05, 3.63) is 36.4 Å². The third-order valence-electron chi connectivity index (χ3n) is 1.86. The molecule has 1 heterocycles. The van der Waals surface area contributed by atoms with Crippen LogP contribution in [0.25, 0.3) is 0 Å². The second kappa shape index (κ2) is 4.72. The van der Waals surface area contributed by atoms with Gasteiger partial charge in [-0.3, -0.25) is 0 Å². The normalized spacial score (nSPS) is 12.5. The SMILES string of the molecule is C=CCC(NC)c1ncc(C)cn1. The fourth-order valence-corrected chi connectivity index (χ4v) is 1.10. The lowest BCUT2D eigenvalue weighted by molar-refractivity contribution is 0.566. The summed E-state index contributed by atoms with van der Waals surface area (Å²) < 4.78 is 0. The van der Waals surface area contributed by atoms with E-state index in [0.717, 1.165) is 17.8 Å². The number of hydrogen-bond donors (Lipinski definition) is 1. The van der Waals surface area contributed by atoms with Crippen LogP contribution >= 0.6 is 0 Å². The lowest BCUT2D eigenvalue weighted by atomic mass is 10.2. The minimum atomic E-state index is 0.179. The van der Waals surface area contributed by atoms with Crippen LogP contribution in [0, 0.1) is 6.92 Å². The molecule has 0 fully saturated rings. The number of nitrogens with zero attached hydrogens (tertiary/aromatic N) is 2. The molecule has 0 aliphatic carbocycles. The van der Waals surface area contributed by atoms with E-state index in [4.69, 9.17) is 0 Å². The van der Waals surface area contributed by atoms with Gasteiger partial charge in [0.1, 0.15) is 5.82 Å². The maximum Gasteiger partial charge on any atom is 0.145 e. The maximum atomic E-state index is 4.25. The zero-order chi connectivity index (χ0) is 9.68. The molecule has 0 bridgehead atoms. The first-order valence-electron chi connectivity index (χ1n) is 4.34. The minimum Gasteiger partial charge on any atom is -0.310 e. The van der Waals surface area contributed by atoms with Crippen molar-refractivity contribution in [1.82, 2.24) is 15.3 Å². The van der Waals surface area contributed by atoms with Crippen molar-refractivity contribution >= 4 is 0 Å². The van der Waals surface area contributed by atoms with Crippen molar-refractivity contribution in [3.8, 4) is 0 Å². The molecule has 0 amide bonds. The van der Waals surface area contributed by atoms with E-state index in [9.17, 15) is 0 Å². The molecule has 13 heavy (non-hydrogen) atoms. The third-order valence-corrected chi connectivity index (χ3v) is 1.86. The highest BCUT2D eigenvalue weighted by molar-refractivity contribution is 5.05. The summed E-state index contributed by atoms with van der Waals surface area (Å²) in [5.41, 5.74) is 1.08. The second-order valence-corrected chi connectivity index (χ2v) is 2.98. The molecule has 3 heteroatoms. The summed E-state index contributed by atoms with van der Waals surface area (Å²) >= 11 is 0. The number of rotatable bonds is 4. The Labute approximate surface area is 78.9 Å². The number of aromatic nitrogens is 2. The molecule has 3 nitrogen and oxygen atoms in total. The number of nitrogens with one attached hydrogen (secondary N) is 1. The average Bonchev–Trinajstić information content (AvgIpc) is 2.16. The van der Waals surface area contributed by atoms with Crippen LogP contribution in [-0.4, -0.2) is 17.0 Å². The molecule has 0 radical (unpaired) electrons. The fourth-order valence-electron chi connectivity index (χ4n) is 1.10. The monoisotopic (exact) mass is 177 g/mol. The molecule has 1 N–H and O–H groups in total. The summed E-state index contributed by atoms with van der Waals surface area (Å²) in [6.45, 7) is 5.67. The van der Waals surface area contributed by atoms with E-state index in [0.29, 0.717) is 0 Å². The van der Waals surface area contributed by atoms with Crippen LogP contribution in [0.1, 0.15) is 23.9 Å². The number of hydrogen-bond acceptors (Lipinski definition) is 3. The van der Waals surface area contributed by atoms with Crippen LogP contribution < -0.4 is 5.32 Å². The van der Waals surface area contributed by atoms with Crippen LogP contribution in [0.2, 0.25) is 0 Å². The highest BCUT2D eigenvalue weighted by Crippen LogP contribution is 2.11. The molecular formula is C10H15N3. The van der Waals surface area contributed by atoms with Gasteiger partial charge in [0.15, 0.2) is 0 Å².